The molecule has 0 spiro atoms. The van der Waals surface area contributed by atoms with Crippen molar-refractivity contribution in [2.75, 3.05) is 39.8 Å². The van der Waals surface area contributed by atoms with Crippen molar-refractivity contribution in [1.82, 2.24) is 10.2 Å². The third-order valence-corrected chi connectivity index (χ3v) is 3.80. The van der Waals surface area contributed by atoms with Crippen LogP contribution in [0.15, 0.2) is 24.3 Å². The molecule has 1 N–H and O–H groups in total. The Hall–Kier alpha value is -1.10. The van der Waals surface area contributed by atoms with Crippen LogP contribution < -0.4 is 10.1 Å². The summed E-state index contributed by atoms with van der Waals surface area (Å²) in [6.07, 6.45) is 1.58. The molecule has 0 saturated carbocycles. The lowest BCUT2D eigenvalue weighted by Gasteiger charge is -2.30. The van der Waals surface area contributed by atoms with E-state index in [-0.39, 0.29) is 6.10 Å². The molecule has 0 aromatic heterocycles. The largest absolute Gasteiger partial charge is 0.488 e. The van der Waals surface area contributed by atoms with Crippen molar-refractivity contribution in [2.24, 2.45) is 0 Å². The third-order valence-electron chi connectivity index (χ3n) is 3.80. The first-order chi connectivity index (χ1) is 9.31. The third kappa shape index (κ3) is 3.26. The van der Waals surface area contributed by atoms with Crippen LogP contribution >= 0.6 is 0 Å². The van der Waals surface area contributed by atoms with Crippen LogP contribution in [0.25, 0.3) is 0 Å². The monoisotopic (exact) mass is 262 g/mol. The molecule has 0 bridgehead atoms. The fourth-order valence-corrected chi connectivity index (χ4v) is 2.76. The van der Waals surface area contributed by atoms with Gasteiger partial charge in [0.1, 0.15) is 11.9 Å². The molecule has 1 saturated heterocycles. The summed E-state index contributed by atoms with van der Waals surface area (Å²) in [6.45, 7) is 4.68. The molecule has 1 aromatic carbocycles. The molecule has 0 radical (unpaired) electrons. The van der Waals surface area contributed by atoms with E-state index in [2.05, 4.69) is 35.5 Å². The van der Waals surface area contributed by atoms with E-state index >= 15 is 0 Å². The first kappa shape index (κ1) is 12.9. The Morgan fingerprint density at radius 2 is 2.11 bits per heavy atom. The number of morpholine rings is 1. The lowest BCUT2D eigenvalue weighted by atomic mass is 10.1. The second-order valence-electron chi connectivity index (χ2n) is 5.46. The number of benzene rings is 1. The second kappa shape index (κ2) is 5.90. The molecular formula is C15H22N2O2. The minimum absolute atomic E-state index is 0.263. The van der Waals surface area contributed by atoms with E-state index in [1.165, 1.54) is 5.56 Å². The predicted octanol–water partition coefficient (Wildman–Crippen LogP) is 0.910. The van der Waals surface area contributed by atoms with Crippen molar-refractivity contribution in [3.05, 3.63) is 29.8 Å². The Balaban J connectivity index is 1.40. The average Bonchev–Trinajstić information content (AvgIpc) is 2.81. The Morgan fingerprint density at radius 1 is 1.26 bits per heavy atom. The highest BCUT2D eigenvalue weighted by Crippen LogP contribution is 2.27. The lowest BCUT2D eigenvalue weighted by molar-refractivity contribution is -0.0187. The molecule has 4 nitrogen and oxygen atoms in total. The fraction of sp³-hybridized carbons (Fsp3) is 0.600. The van der Waals surface area contributed by atoms with Gasteiger partial charge in [0.2, 0.25) is 0 Å². The van der Waals surface area contributed by atoms with Crippen LogP contribution in [-0.2, 0) is 11.2 Å². The number of hydrogen-bond acceptors (Lipinski definition) is 4. The number of nitrogens with zero attached hydrogens (tertiary/aromatic N) is 1. The van der Waals surface area contributed by atoms with Gasteiger partial charge in [0.05, 0.1) is 12.7 Å². The number of nitrogens with one attached hydrogen (secondary N) is 1. The van der Waals surface area contributed by atoms with Gasteiger partial charge in [0, 0.05) is 32.6 Å². The summed E-state index contributed by atoms with van der Waals surface area (Å²) in [6, 6.07) is 8.30. The van der Waals surface area contributed by atoms with Crippen molar-refractivity contribution in [3.8, 4) is 5.75 Å². The van der Waals surface area contributed by atoms with Crippen LogP contribution in [0.1, 0.15) is 5.56 Å². The van der Waals surface area contributed by atoms with Gasteiger partial charge in [0.15, 0.2) is 0 Å². The van der Waals surface area contributed by atoms with Crippen LogP contribution in [0.3, 0.4) is 0 Å². The molecule has 1 fully saturated rings. The first-order valence-corrected chi connectivity index (χ1v) is 7.06. The van der Waals surface area contributed by atoms with Gasteiger partial charge in [-0.05, 0) is 18.7 Å². The zero-order valence-electron chi connectivity index (χ0n) is 11.5. The molecule has 4 heteroatoms. The SMILES string of the molecule is CN1CCOC(CNCC2Cc3ccccc3O2)C1. The maximum Gasteiger partial charge on any atom is 0.123 e. The minimum Gasteiger partial charge on any atom is -0.488 e. The standard InChI is InChI=1S/C15H22N2O2/c1-17-6-7-18-14(11-17)10-16-9-13-8-12-4-2-3-5-15(12)19-13/h2-5,13-14,16H,6-11H2,1H3. The van der Waals surface area contributed by atoms with Crippen molar-refractivity contribution >= 4 is 0 Å². The van der Waals surface area contributed by atoms with E-state index < -0.39 is 0 Å². The van der Waals surface area contributed by atoms with E-state index in [0.717, 1.165) is 45.0 Å². The molecule has 2 heterocycles. The van der Waals surface area contributed by atoms with E-state index in [4.69, 9.17) is 9.47 Å². The van der Waals surface area contributed by atoms with E-state index in [1.54, 1.807) is 0 Å². The predicted molar refractivity (Wildman–Crippen MR) is 74.7 cm³/mol. The van der Waals surface area contributed by atoms with Gasteiger partial charge in [0.25, 0.3) is 0 Å². The molecule has 19 heavy (non-hydrogen) atoms. The van der Waals surface area contributed by atoms with Gasteiger partial charge < -0.3 is 19.7 Å². The lowest BCUT2D eigenvalue weighted by Crippen LogP contribution is -2.46. The zero-order chi connectivity index (χ0) is 13.1. The van der Waals surface area contributed by atoms with Crippen molar-refractivity contribution in [1.29, 1.82) is 0 Å². The number of para-hydroxylation sites is 1. The Kier molecular flexibility index (Phi) is 4.01. The van der Waals surface area contributed by atoms with Crippen LogP contribution in [0.2, 0.25) is 0 Å². The highest BCUT2D eigenvalue weighted by molar-refractivity contribution is 5.37. The molecule has 104 valence electrons. The van der Waals surface area contributed by atoms with Crippen LogP contribution in [0.5, 0.6) is 5.75 Å². The summed E-state index contributed by atoms with van der Waals surface area (Å²) < 4.78 is 11.6. The summed E-state index contributed by atoms with van der Waals surface area (Å²) in [5.74, 6) is 1.04. The average molecular weight is 262 g/mol. The zero-order valence-corrected chi connectivity index (χ0v) is 11.5. The van der Waals surface area contributed by atoms with E-state index in [0.29, 0.717) is 6.10 Å². The maximum absolute atomic E-state index is 5.90. The Morgan fingerprint density at radius 3 is 2.95 bits per heavy atom. The molecular weight excluding hydrogens is 240 g/mol. The fourth-order valence-electron chi connectivity index (χ4n) is 2.76. The molecule has 3 rings (SSSR count). The van der Waals surface area contributed by atoms with Gasteiger partial charge in [-0.15, -0.1) is 0 Å². The van der Waals surface area contributed by atoms with Crippen molar-refractivity contribution < 1.29 is 9.47 Å². The number of fused-ring (bicyclic) bond motifs is 1. The van der Waals surface area contributed by atoms with Crippen molar-refractivity contribution in [3.63, 3.8) is 0 Å². The van der Waals surface area contributed by atoms with Crippen LogP contribution in [-0.4, -0.2) is 56.9 Å². The number of hydrogen-bond donors (Lipinski definition) is 1. The molecule has 0 amide bonds. The normalized spacial score (nSPS) is 27.0. The number of rotatable bonds is 4. The second-order valence-corrected chi connectivity index (χ2v) is 5.46. The molecule has 0 aliphatic carbocycles. The summed E-state index contributed by atoms with van der Waals surface area (Å²) in [7, 11) is 2.15. The van der Waals surface area contributed by atoms with E-state index in [9.17, 15) is 0 Å². The van der Waals surface area contributed by atoms with Gasteiger partial charge >= 0.3 is 0 Å². The summed E-state index contributed by atoms with van der Waals surface area (Å²) in [4.78, 5) is 2.32. The van der Waals surface area contributed by atoms with Crippen molar-refractivity contribution in [2.45, 2.75) is 18.6 Å². The summed E-state index contributed by atoms with van der Waals surface area (Å²) in [5.41, 5.74) is 1.32. The van der Waals surface area contributed by atoms with Crippen LogP contribution in [0, 0.1) is 0 Å². The molecule has 2 unspecified atom stereocenters. The number of likely N-dealkylation sites (N-methyl/N-ethyl adjacent to an activating group) is 1. The van der Waals surface area contributed by atoms with Gasteiger partial charge in [-0.3, -0.25) is 0 Å². The topological polar surface area (TPSA) is 33.7 Å². The number of ether oxygens (including phenoxy) is 2. The maximum atomic E-state index is 5.90. The first-order valence-electron chi connectivity index (χ1n) is 7.06. The Labute approximate surface area is 114 Å². The quantitative estimate of drug-likeness (QED) is 0.874. The smallest absolute Gasteiger partial charge is 0.123 e. The van der Waals surface area contributed by atoms with Gasteiger partial charge in [-0.25, -0.2) is 0 Å². The summed E-state index contributed by atoms with van der Waals surface area (Å²) in [5, 5.41) is 3.48. The molecule has 2 aliphatic rings. The van der Waals surface area contributed by atoms with Gasteiger partial charge in [-0.2, -0.15) is 0 Å². The highest BCUT2D eigenvalue weighted by atomic mass is 16.5. The molecule has 2 aliphatic heterocycles. The highest BCUT2D eigenvalue weighted by Gasteiger charge is 2.23. The molecule has 1 aromatic rings. The Bertz CT molecular complexity index is 399. The molecule has 2 atom stereocenters. The van der Waals surface area contributed by atoms with E-state index in [1.807, 2.05) is 6.07 Å². The summed E-state index contributed by atoms with van der Waals surface area (Å²) >= 11 is 0. The van der Waals surface area contributed by atoms with Gasteiger partial charge in [-0.1, -0.05) is 18.2 Å². The van der Waals surface area contributed by atoms with Crippen LogP contribution in [0.4, 0.5) is 0 Å². The minimum atomic E-state index is 0.263.